The molecular weight excluding hydrogens is 558 g/mol. The van der Waals surface area contributed by atoms with Gasteiger partial charge in [-0.2, -0.15) is 0 Å². The number of methoxy groups -OCH3 is 1. The van der Waals surface area contributed by atoms with E-state index >= 15 is 0 Å². The normalized spacial score (nSPS) is 12.5. The fraction of sp³-hybridized carbons (Fsp3) is 0.233. The van der Waals surface area contributed by atoms with Crippen molar-refractivity contribution in [1.29, 1.82) is 0 Å². The molecule has 1 aliphatic rings. The molecule has 1 atom stereocenters. The van der Waals surface area contributed by atoms with E-state index in [0.717, 1.165) is 17.0 Å². The number of hydrogen-bond acceptors (Lipinski definition) is 10. The Labute approximate surface area is 246 Å². The number of fused-ring (bicyclic) bond motifs is 1. The molecule has 216 valence electrons. The average Bonchev–Trinajstić information content (AvgIpc) is 3.44. The Kier molecular flexibility index (Phi) is 8.72. The van der Waals surface area contributed by atoms with Gasteiger partial charge >= 0.3 is 0 Å². The molecule has 1 unspecified atom stereocenters. The number of phenolic OH excluding ortho intramolecular Hbond substituents is 1. The Morgan fingerprint density at radius 2 is 1.86 bits per heavy atom. The number of aryl methyl sites for hydroxylation is 2. The number of anilines is 1. The predicted octanol–water partition coefficient (Wildman–Crippen LogP) is 4.43. The number of pyridine rings is 1. The van der Waals surface area contributed by atoms with Gasteiger partial charge in [0.05, 0.1) is 12.9 Å². The van der Waals surface area contributed by atoms with E-state index in [-0.39, 0.29) is 36.5 Å². The lowest BCUT2D eigenvalue weighted by Gasteiger charge is -2.31. The minimum absolute atomic E-state index is 0.0216. The zero-order valence-corrected chi connectivity index (χ0v) is 24.1. The van der Waals surface area contributed by atoms with Crippen molar-refractivity contribution in [2.75, 3.05) is 25.0 Å². The highest BCUT2D eigenvalue weighted by atomic mass is 32.2. The van der Waals surface area contributed by atoms with Crippen molar-refractivity contribution in [2.45, 2.75) is 31.6 Å². The van der Waals surface area contributed by atoms with E-state index in [0.29, 0.717) is 27.9 Å². The zero-order chi connectivity index (χ0) is 29.6. The minimum Gasteiger partial charge on any atom is -0.504 e. The summed E-state index contributed by atoms with van der Waals surface area (Å²) in [6, 6.07) is 14.0. The Morgan fingerprint density at radius 1 is 1.07 bits per heavy atom. The summed E-state index contributed by atoms with van der Waals surface area (Å²) in [5.41, 5.74) is 3.22. The number of amides is 2. The topological polar surface area (TPSA) is 136 Å². The maximum atomic E-state index is 14.1. The van der Waals surface area contributed by atoms with Crippen LogP contribution in [0.15, 0.2) is 72.1 Å². The van der Waals surface area contributed by atoms with Crippen molar-refractivity contribution in [3.63, 3.8) is 0 Å². The van der Waals surface area contributed by atoms with Crippen LogP contribution in [0.2, 0.25) is 0 Å². The van der Waals surface area contributed by atoms with Crippen LogP contribution in [0.1, 0.15) is 28.6 Å². The molecule has 11 nitrogen and oxygen atoms in total. The highest BCUT2D eigenvalue weighted by Gasteiger charge is 2.33. The van der Waals surface area contributed by atoms with Gasteiger partial charge in [0.1, 0.15) is 6.04 Å². The van der Waals surface area contributed by atoms with E-state index in [2.05, 4.69) is 20.3 Å². The first-order chi connectivity index (χ1) is 20.3. The number of aromatic nitrogens is 3. The van der Waals surface area contributed by atoms with E-state index in [1.54, 1.807) is 48.8 Å². The number of phenols is 1. The lowest BCUT2D eigenvalue weighted by atomic mass is 10.0. The first-order valence-corrected chi connectivity index (χ1v) is 14.0. The smallest absolute Gasteiger partial charge is 0.251 e. The van der Waals surface area contributed by atoms with Crippen molar-refractivity contribution in [1.82, 2.24) is 19.9 Å². The van der Waals surface area contributed by atoms with Gasteiger partial charge in [0, 0.05) is 42.1 Å². The van der Waals surface area contributed by atoms with Crippen molar-refractivity contribution in [2.24, 2.45) is 0 Å². The first kappa shape index (κ1) is 28.7. The van der Waals surface area contributed by atoms with Crippen LogP contribution >= 0.6 is 11.8 Å². The molecule has 4 aromatic rings. The molecular formula is C30H29N5O6S. The van der Waals surface area contributed by atoms with Gasteiger partial charge in [-0.05, 0) is 61.4 Å². The summed E-state index contributed by atoms with van der Waals surface area (Å²) in [6.45, 7) is 3.91. The van der Waals surface area contributed by atoms with E-state index in [9.17, 15) is 14.7 Å². The van der Waals surface area contributed by atoms with E-state index in [4.69, 9.17) is 14.2 Å². The lowest BCUT2D eigenvalue weighted by molar-refractivity contribution is -0.137. The van der Waals surface area contributed by atoms with Gasteiger partial charge in [0.25, 0.3) is 5.91 Å². The fourth-order valence-electron chi connectivity index (χ4n) is 4.50. The Hall–Kier alpha value is -4.84. The third-order valence-electron chi connectivity index (χ3n) is 6.40. The van der Waals surface area contributed by atoms with Gasteiger partial charge in [-0.15, -0.1) is 0 Å². The number of nitrogens with zero attached hydrogens (tertiary/aromatic N) is 4. The second kappa shape index (κ2) is 12.8. The van der Waals surface area contributed by atoms with Crippen molar-refractivity contribution in [3.05, 3.63) is 89.5 Å². The summed E-state index contributed by atoms with van der Waals surface area (Å²) in [5.74, 6) is 0.322. The molecule has 2 amide bonds. The van der Waals surface area contributed by atoms with Crippen molar-refractivity contribution >= 4 is 29.3 Å². The molecule has 12 heteroatoms. The second-order valence-electron chi connectivity index (χ2n) is 9.50. The van der Waals surface area contributed by atoms with Gasteiger partial charge in [-0.25, -0.2) is 9.97 Å². The Balaban J connectivity index is 1.51. The highest BCUT2D eigenvalue weighted by Crippen LogP contribution is 2.36. The Bertz CT molecular complexity index is 1580. The monoisotopic (exact) mass is 587 g/mol. The maximum Gasteiger partial charge on any atom is 0.251 e. The molecule has 5 rings (SSSR count). The second-order valence-corrected chi connectivity index (χ2v) is 10.4. The number of thioether (sulfide) groups is 1. The molecule has 0 fully saturated rings. The lowest BCUT2D eigenvalue weighted by Crippen LogP contribution is -2.41. The average molecular weight is 588 g/mol. The van der Waals surface area contributed by atoms with E-state index in [1.165, 1.54) is 29.8 Å². The number of benzene rings is 2. The number of rotatable bonds is 10. The van der Waals surface area contributed by atoms with Crippen LogP contribution in [0.4, 0.5) is 5.69 Å². The van der Waals surface area contributed by atoms with Gasteiger partial charge in [0.15, 0.2) is 28.2 Å². The highest BCUT2D eigenvalue weighted by molar-refractivity contribution is 7.99. The summed E-state index contributed by atoms with van der Waals surface area (Å²) >= 11 is 1.19. The maximum absolute atomic E-state index is 14.1. The summed E-state index contributed by atoms with van der Waals surface area (Å²) in [4.78, 5) is 42.6. The third kappa shape index (κ3) is 6.72. The molecule has 2 aromatic heterocycles. The molecule has 0 radical (unpaired) electrons. The number of carbonyl (C=O) groups excluding carboxylic acids is 2. The molecule has 3 heterocycles. The number of carbonyl (C=O) groups is 2. The summed E-state index contributed by atoms with van der Waals surface area (Å²) < 4.78 is 16.2. The molecule has 0 spiro atoms. The van der Waals surface area contributed by atoms with Crippen LogP contribution in [-0.2, 0) is 16.1 Å². The summed E-state index contributed by atoms with van der Waals surface area (Å²) in [5, 5.41) is 13.6. The molecule has 2 N–H and O–H groups in total. The molecule has 2 aromatic carbocycles. The van der Waals surface area contributed by atoms with Crippen molar-refractivity contribution < 1.29 is 28.9 Å². The SMILES string of the molecule is COc1cc(C(C(=O)Nc2ccc3c(c2)OCO3)N(Cc2cccnc2)C(=O)CSc2nc(C)cc(C)n2)ccc1O. The Morgan fingerprint density at radius 3 is 2.60 bits per heavy atom. The number of ether oxygens (including phenoxy) is 3. The van der Waals surface area contributed by atoms with Crippen LogP contribution in [0.5, 0.6) is 23.0 Å². The van der Waals surface area contributed by atoms with Crippen LogP contribution in [0, 0.1) is 13.8 Å². The van der Waals surface area contributed by atoms with Gasteiger partial charge in [-0.3, -0.25) is 14.6 Å². The largest absolute Gasteiger partial charge is 0.504 e. The number of aromatic hydroxyl groups is 1. The predicted molar refractivity (Wildman–Crippen MR) is 156 cm³/mol. The van der Waals surface area contributed by atoms with Crippen LogP contribution < -0.4 is 19.5 Å². The van der Waals surface area contributed by atoms with Crippen molar-refractivity contribution in [3.8, 4) is 23.0 Å². The third-order valence-corrected chi connectivity index (χ3v) is 7.23. The van der Waals surface area contributed by atoms with Crippen LogP contribution in [0.25, 0.3) is 0 Å². The molecule has 1 aliphatic heterocycles. The molecule has 0 saturated heterocycles. The molecule has 0 bridgehead atoms. The fourth-order valence-corrected chi connectivity index (χ4v) is 5.34. The van der Waals surface area contributed by atoms with E-state index < -0.39 is 11.9 Å². The van der Waals surface area contributed by atoms with Crippen LogP contribution in [0.3, 0.4) is 0 Å². The number of hydrogen-bond donors (Lipinski definition) is 2. The summed E-state index contributed by atoms with van der Waals surface area (Å²) in [6.07, 6.45) is 3.28. The molecule has 0 aliphatic carbocycles. The molecule has 0 saturated carbocycles. The zero-order valence-electron chi connectivity index (χ0n) is 23.2. The molecule has 42 heavy (non-hydrogen) atoms. The van der Waals surface area contributed by atoms with E-state index in [1.807, 2.05) is 26.0 Å². The standard InChI is InChI=1S/C30H29N5O6S/c1-18-11-19(2)33-30(32-18)42-16-27(37)35(15-20-5-4-10-31-14-20)28(21-6-8-23(36)25(12-21)39-3)29(38)34-22-7-9-24-26(13-22)41-17-40-24/h4-14,28,36H,15-17H2,1-3H3,(H,34,38). The quantitative estimate of drug-likeness (QED) is 0.203. The van der Waals surface area contributed by atoms with Gasteiger partial charge < -0.3 is 29.5 Å². The van der Waals surface area contributed by atoms with Gasteiger partial charge in [-0.1, -0.05) is 23.9 Å². The summed E-state index contributed by atoms with van der Waals surface area (Å²) in [7, 11) is 1.42. The van der Waals surface area contributed by atoms with Gasteiger partial charge in [0.2, 0.25) is 12.7 Å². The number of nitrogens with one attached hydrogen (secondary N) is 1. The first-order valence-electron chi connectivity index (χ1n) is 13.0. The minimum atomic E-state index is -1.11. The van der Waals surface area contributed by atoms with Crippen LogP contribution in [-0.4, -0.2) is 56.4 Å².